The van der Waals surface area contributed by atoms with E-state index < -0.39 is 11.7 Å². The first-order chi connectivity index (χ1) is 6.88. The molecule has 1 aliphatic rings. The van der Waals surface area contributed by atoms with E-state index in [1.54, 1.807) is 0 Å². The summed E-state index contributed by atoms with van der Waals surface area (Å²) >= 11 is 0. The molecule has 4 nitrogen and oxygen atoms in total. The van der Waals surface area contributed by atoms with Gasteiger partial charge in [-0.3, -0.25) is 4.99 Å². The van der Waals surface area contributed by atoms with Crippen molar-refractivity contribution in [1.29, 1.82) is 0 Å². The van der Waals surface area contributed by atoms with Gasteiger partial charge in [0.15, 0.2) is 0 Å². The monoisotopic (exact) mass is 215 g/mol. The van der Waals surface area contributed by atoms with Crippen molar-refractivity contribution in [3.63, 3.8) is 0 Å². The van der Waals surface area contributed by atoms with Gasteiger partial charge in [0.25, 0.3) is 0 Å². The molecule has 1 fully saturated rings. The summed E-state index contributed by atoms with van der Waals surface area (Å²) < 4.78 is 5.16. The molecule has 0 amide bonds. The molecule has 0 unspecified atom stereocenters. The second kappa shape index (κ2) is 4.84. The predicted octanol–water partition coefficient (Wildman–Crippen LogP) is 0.762. The van der Waals surface area contributed by atoms with Crippen LogP contribution in [0.5, 0.6) is 0 Å². The zero-order valence-corrected chi connectivity index (χ0v) is 10.0. The van der Waals surface area contributed by atoms with E-state index in [1.165, 1.54) is 0 Å². The maximum Gasteiger partial charge on any atom is 0.146 e. The molecule has 1 aliphatic heterocycles. The first-order valence-electron chi connectivity index (χ1n) is 5.53. The number of hydrogen-bond donors (Lipinski definition) is 1. The van der Waals surface area contributed by atoms with Crippen LogP contribution in [0, 0.1) is 5.92 Å². The normalized spacial score (nSPS) is 28.9. The summed E-state index contributed by atoms with van der Waals surface area (Å²) in [5, 5.41) is 14.7. The molecule has 0 saturated carbocycles. The Hall–Kier alpha value is -0.770. The van der Waals surface area contributed by atoms with Crippen molar-refractivity contribution < 1.29 is 11.3 Å². The van der Waals surface area contributed by atoms with Crippen LogP contribution in [0.15, 0.2) is 4.99 Å². The highest BCUT2D eigenvalue weighted by atomic mass is 16.6. The molecule has 1 rings (SSSR count). The molecule has 0 spiro atoms. The third-order valence-electron chi connectivity index (χ3n) is 2.45. The van der Waals surface area contributed by atoms with E-state index in [4.69, 9.17) is 4.74 Å². The summed E-state index contributed by atoms with van der Waals surface area (Å²) in [6.07, 6.45) is 0.625. The molecule has 15 heavy (non-hydrogen) atoms. The number of hydrogen-bond acceptors (Lipinski definition) is 4. The van der Waals surface area contributed by atoms with Gasteiger partial charge in [-0.1, -0.05) is 27.7 Å². The van der Waals surface area contributed by atoms with Gasteiger partial charge in [0.1, 0.15) is 6.08 Å². The van der Waals surface area contributed by atoms with Gasteiger partial charge in [-0.05, 0) is 18.9 Å². The van der Waals surface area contributed by atoms with Crippen molar-refractivity contribution in [3.8, 4) is 0 Å². The molecule has 0 aromatic rings. The van der Waals surface area contributed by atoms with Crippen molar-refractivity contribution in [3.05, 3.63) is 0 Å². The minimum absolute atomic E-state index is 0. The average molecular weight is 215 g/mol. The van der Waals surface area contributed by atoms with Crippen molar-refractivity contribution in [1.82, 2.24) is 5.32 Å². The van der Waals surface area contributed by atoms with Gasteiger partial charge in [-0.2, -0.15) is 0 Å². The molecule has 1 saturated heterocycles. The van der Waals surface area contributed by atoms with Crippen LogP contribution in [-0.4, -0.2) is 30.8 Å². The molecule has 0 aromatic heterocycles. The average Bonchev–Trinajstić information content (AvgIpc) is 2.05. The topological polar surface area (TPSA) is 56.7 Å². The number of ether oxygens (including phenoxy) is 1. The molecular weight excluding hydrogens is 192 g/mol. The number of rotatable bonds is 1. The maximum atomic E-state index is 11.5. The molecule has 4 heteroatoms. The number of aliphatic imine (C=N–C) groups is 1. The van der Waals surface area contributed by atoms with Crippen molar-refractivity contribution in [2.45, 2.75) is 45.8 Å². The molecule has 0 aliphatic carbocycles. The minimum atomic E-state index is -0.452. The third-order valence-corrected chi connectivity index (χ3v) is 2.45. The van der Waals surface area contributed by atoms with Gasteiger partial charge >= 0.3 is 0 Å². The third kappa shape index (κ3) is 4.51. The van der Waals surface area contributed by atoms with Crippen molar-refractivity contribution in [2.24, 2.45) is 10.9 Å². The fourth-order valence-corrected chi connectivity index (χ4v) is 1.57. The lowest BCUT2D eigenvalue weighted by Crippen LogP contribution is -2.41. The van der Waals surface area contributed by atoms with E-state index in [2.05, 4.69) is 17.2 Å². The highest BCUT2D eigenvalue weighted by Crippen LogP contribution is 2.15. The molecule has 0 aromatic carbocycles. The summed E-state index contributed by atoms with van der Waals surface area (Å²) in [6, 6.07) is 0.0635. The molecule has 0 bridgehead atoms. The Balaban J connectivity index is 0.00000225. The van der Waals surface area contributed by atoms with Gasteiger partial charge in [0, 0.05) is 13.6 Å². The van der Waals surface area contributed by atoms with Crippen LogP contribution in [0.25, 0.3) is 0 Å². The summed E-state index contributed by atoms with van der Waals surface area (Å²) in [5.74, 6) is 0.457. The first kappa shape index (κ1) is 12.3. The second-order valence-corrected chi connectivity index (χ2v) is 5.15. The maximum absolute atomic E-state index is 11.5. The lowest BCUT2D eigenvalue weighted by molar-refractivity contribution is -0.261. The van der Waals surface area contributed by atoms with E-state index in [0.717, 1.165) is 19.5 Å². The van der Waals surface area contributed by atoms with E-state index in [9.17, 15) is 5.11 Å². The lowest BCUT2D eigenvalue weighted by atomic mass is 9.95. The number of nitrogens with zero attached hydrogens (tertiary/aromatic N) is 1. The zero-order chi connectivity index (χ0) is 11.5. The van der Waals surface area contributed by atoms with E-state index in [1.807, 2.05) is 20.8 Å². The Bertz CT molecular complexity index is 239. The molecule has 2 atom stereocenters. The second-order valence-electron chi connectivity index (χ2n) is 5.15. The van der Waals surface area contributed by atoms with Crippen LogP contribution in [0.4, 0.5) is 0 Å². The van der Waals surface area contributed by atoms with Gasteiger partial charge in [0.05, 0.1) is 6.04 Å². The van der Waals surface area contributed by atoms with Crippen LogP contribution in [-0.2, 0) is 4.74 Å². The van der Waals surface area contributed by atoms with E-state index in [-0.39, 0.29) is 7.47 Å². The lowest BCUT2D eigenvalue weighted by Gasteiger charge is -2.32. The van der Waals surface area contributed by atoms with Crippen molar-refractivity contribution in [2.75, 3.05) is 13.1 Å². The largest absolute Gasteiger partial charge is 0.595 e. The molecule has 1 heterocycles. The highest BCUT2D eigenvalue weighted by Gasteiger charge is 2.20. The summed E-state index contributed by atoms with van der Waals surface area (Å²) in [4.78, 5) is 4.08. The van der Waals surface area contributed by atoms with E-state index >= 15 is 0 Å². The Morgan fingerprint density at radius 3 is 2.73 bits per heavy atom. The summed E-state index contributed by atoms with van der Waals surface area (Å²) in [7, 11) is 0. The van der Waals surface area contributed by atoms with Crippen LogP contribution in [0.3, 0.4) is 0 Å². The minimum Gasteiger partial charge on any atom is -0.595 e. The van der Waals surface area contributed by atoms with Gasteiger partial charge < -0.3 is 15.2 Å². The Kier molecular flexibility index (Phi) is 3.97. The van der Waals surface area contributed by atoms with Gasteiger partial charge in [0.2, 0.25) is 0 Å². The van der Waals surface area contributed by atoms with E-state index in [0.29, 0.717) is 5.92 Å². The first-order valence-corrected chi connectivity index (χ1v) is 5.53. The van der Waals surface area contributed by atoms with Gasteiger partial charge in [-0.15, -0.1) is 0 Å². The fourth-order valence-electron chi connectivity index (χ4n) is 1.57. The zero-order valence-electron chi connectivity index (χ0n) is 10.0. The quantitative estimate of drug-likeness (QED) is 0.519. The van der Waals surface area contributed by atoms with Crippen LogP contribution >= 0.6 is 0 Å². The Morgan fingerprint density at radius 1 is 1.53 bits per heavy atom. The fraction of sp³-hybridized carbons (Fsp3) is 0.909. The predicted molar refractivity (Wildman–Crippen MR) is 60.8 cm³/mol. The SMILES string of the molecule is C[C@H]1CCNC[C@H]1N=C([O-])OC(C)(C)C.[HH]. The highest BCUT2D eigenvalue weighted by molar-refractivity contribution is 5.62. The van der Waals surface area contributed by atoms with Crippen LogP contribution in [0.2, 0.25) is 0 Å². The van der Waals surface area contributed by atoms with Crippen molar-refractivity contribution >= 4 is 6.08 Å². The summed E-state index contributed by atoms with van der Waals surface area (Å²) in [5.41, 5.74) is -0.452. The van der Waals surface area contributed by atoms with Crippen LogP contribution < -0.4 is 10.4 Å². The van der Waals surface area contributed by atoms with Gasteiger partial charge in [-0.25, -0.2) is 0 Å². The van der Waals surface area contributed by atoms with Crippen LogP contribution in [0.1, 0.15) is 35.5 Å². The molecular formula is C11H23N2O2-. The Labute approximate surface area is 93.2 Å². The molecule has 90 valence electrons. The number of nitrogens with one attached hydrogen (secondary N) is 1. The summed E-state index contributed by atoms with van der Waals surface area (Å²) in [6.45, 7) is 9.47. The molecule has 1 N–H and O–H groups in total. The molecule has 0 radical (unpaired) electrons. The number of piperidine rings is 1. The Morgan fingerprint density at radius 2 is 2.20 bits per heavy atom. The standard InChI is InChI=1S/C11H22N2O2.H2/c1-8-5-6-12-7-9(8)13-10(14)15-11(2,3)4;/h8-9,12H,5-7H2,1-4H3,(H,13,14);1H/p-1/t8-,9+;/m0./s1. The smallest absolute Gasteiger partial charge is 0.146 e.